The predicted molar refractivity (Wildman–Crippen MR) is 88.7 cm³/mol. The van der Waals surface area contributed by atoms with Gasteiger partial charge < -0.3 is 15.8 Å². The Morgan fingerprint density at radius 2 is 2.09 bits per heavy atom. The lowest BCUT2D eigenvalue weighted by molar-refractivity contribution is -0.137. The van der Waals surface area contributed by atoms with Crippen LogP contribution in [0.4, 0.5) is 0 Å². The quantitative estimate of drug-likeness (QED) is 0.804. The van der Waals surface area contributed by atoms with Crippen molar-refractivity contribution in [2.75, 3.05) is 13.2 Å². The SMILES string of the molecule is C[C@@H](CCc1ccccc1)CC(=O)N[C@@]1(C(N)=O)CCCOC1. The molecule has 3 N–H and O–H groups in total. The van der Waals surface area contributed by atoms with Gasteiger partial charge in [0.25, 0.3) is 0 Å². The summed E-state index contributed by atoms with van der Waals surface area (Å²) in [6, 6.07) is 10.2. The third-order valence-corrected chi connectivity index (χ3v) is 4.39. The molecule has 2 amide bonds. The Balaban J connectivity index is 1.82. The molecule has 0 radical (unpaired) electrons. The first-order valence-corrected chi connectivity index (χ1v) is 8.24. The topological polar surface area (TPSA) is 81.4 Å². The van der Waals surface area contributed by atoms with Crippen molar-refractivity contribution in [3.05, 3.63) is 35.9 Å². The number of carbonyl (C=O) groups is 2. The molecule has 0 bridgehead atoms. The van der Waals surface area contributed by atoms with Crippen LogP contribution in [0.15, 0.2) is 30.3 Å². The normalized spacial score (nSPS) is 22.3. The Kier molecular flexibility index (Phi) is 6.16. The largest absolute Gasteiger partial charge is 0.378 e. The first-order chi connectivity index (χ1) is 11.0. The van der Waals surface area contributed by atoms with Crippen molar-refractivity contribution in [3.63, 3.8) is 0 Å². The fourth-order valence-electron chi connectivity index (χ4n) is 2.94. The van der Waals surface area contributed by atoms with Gasteiger partial charge in [-0.3, -0.25) is 9.59 Å². The zero-order chi connectivity index (χ0) is 16.7. The summed E-state index contributed by atoms with van der Waals surface area (Å²) in [4.78, 5) is 24.0. The third kappa shape index (κ3) is 5.06. The number of rotatable bonds is 7. The molecule has 0 saturated carbocycles. The van der Waals surface area contributed by atoms with Crippen molar-refractivity contribution >= 4 is 11.8 Å². The first kappa shape index (κ1) is 17.5. The molecule has 126 valence electrons. The van der Waals surface area contributed by atoms with E-state index in [0.29, 0.717) is 19.4 Å². The first-order valence-electron chi connectivity index (χ1n) is 8.24. The number of hydrogen-bond acceptors (Lipinski definition) is 3. The van der Waals surface area contributed by atoms with Gasteiger partial charge in [-0.25, -0.2) is 0 Å². The van der Waals surface area contributed by atoms with Crippen molar-refractivity contribution in [2.24, 2.45) is 11.7 Å². The van der Waals surface area contributed by atoms with Crippen LogP contribution in [0.25, 0.3) is 0 Å². The fraction of sp³-hybridized carbons (Fsp3) is 0.556. The maximum Gasteiger partial charge on any atom is 0.245 e. The van der Waals surface area contributed by atoms with Crippen molar-refractivity contribution in [2.45, 2.75) is 44.6 Å². The molecule has 2 atom stereocenters. The number of ether oxygens (including phenoxy) is 1. The van der Waals surface area contributed by atoms with Gasteiger partial charge >= 0.3 is 0 Å². The van der Waals surface area contributed by atoms with E-state index in [-0.39, 0.29) is 18.4 Å². The highest BCUT2D eigenvalue weighted by Crippen LogP contribution is 2.20. The van der Waals surface area contributed by atoms with Gasteiger partial charge in [0.2, 0.25) is 11.8 Å². The van der Waals surface area contributed by atoms with E-state index in [1.807, 2.05) is 18.2 Å². The standard InChI is InChI=1S/C18H26N2O3/c1-14(8-9-15-6-3-2-4-7-15)12-16(21)20-18(17(19)22)10-5-11-23-13-18/h2-4,6-7,14H,5,8-13H2,1H3,(H2,19,22)(H,20,21)/t14-,18-/m0/s1. The Morgan fingerprint density at radius 3 is 2.70 bits per heavy atom. The molecular weight excluding hydrogens is 292 g/mol. The minimum absolute atomic E-state index is 0.130. The molecule has 1 aliphatic heterocycles. The summed E-state index contributed by atoms with van der Waals surface area (Å²) >= 11 is 0. The van der Waals surface area contributed by atoms with E-state index in [2.05, 4.69) is 24.4 Å². The average molecular weight is 318 g/mol. The number of nitrogens with one attached hydrogen (secondary N) is 1. The summed E-state index contributed by atoms with van der Waals surface area (Å²) in [5.74, 6) is -0.401. The Bertz CT molecular complexity index is 524. The molecule has 0 aromatic heterocycles. The van der Waals surface area contributed by atoms with E-state index in [1.54, 1.807) is 0 Å². The lowest BCUT2D eigenvalue weighted by Gasteiger charge is -2.35. The van der Waals surface area contributed by atoms with Gasteiger partial charge in [-0.05, 0) is 37.2 Å². The van der Waals surface area contributed by atoms with Gasteiger partial charge in [0.05, 0.1) is 6.61 Å². The molecule has 1 aliphatic rings. The van der Waals surface area contributed by atoms with E-state index < -0.39 is 11.4 Å². The smallest absolute Gasteiger partial charge is 0.245 e. The van der Waals surface area contributed by atoms with Gasteiger partial charge in [-0.2, -0.15) is 0 Å². The molecule has 1 fully saturated rings. The Morgan fingerprint density at radius 1 is 1.35 bits per heavy atom. The highest BCUT2D eigenvalue weighted by Gasteiger charge is 2.40. The van der Waals surface area contributed by atoms with E-state index >= 15 is 0 Å². The number of carbonyl (C=O) groups excluding carboxylic acids is 2. The van der Waals surface area contributed by atoms with E-state index in [9.17, 15) is 9.59 Å². The van der Waals surface area contributed by atoms with Crippen LogP contribution in [0.1, 0.15) is 38.2 Å². The minimum Gasteiger partial charge on any atom is -0.378 e. The number of benzene rings is 1. The minimum atomic E-state index is -1.03. The molecule has 1 aromatic rings. The van der Waals surface area contributed by atoms with Crippen molar-refractivity contribution < 1.29 is 14.3 Å². The molecule has 0 unspecified atom stereocenters. The van der Waals surface area contributed by atoms with Gasteiger partial charge in [-0.1, -0.05) is 37.3 Å². The van der Waals surface area contributed by atoms with Gasteiger partial charge in [0, 0.05) is 13.0 Å². The molecule has 2 rings (SSSR count). The van der Waals surface area contributed by atoms with Crippen LogP contribution in [-0.4, -0.2) is 30.6 Å². The van der Waals surface area contributed by atoms with Crippen LogP contribution in [0, 0.1) is 5.92 Å². The summed E-state index contributed by atoms with van der Waals surface area (Å²) < 4.78 is 5.34. The van der Waals surface area contributed by atoms with Crippen molar-refractivity contribution in [1.82, 2.24) is 5.32 Å². The summed E-state index contributed by atoms with van der Waals surface area (Å²) in [5, 5.41) is 2.82. The van der Waals surface area contributed by atoms with Crippen LogP contribution in [0.2, 0.25) is 0 Å². The molecule has 0 aliphatic carbocycles. The molecule has 5 nitrogen and oxygen atoms in total. The molecule has 1 saturated heterocycles. The maximum atomic E-state index is 12.3. The van der Waals surface area contributed by atoms with Crippen molar-refractivity contribution in [3.8, 4) is 0 Å². The number of hydrogen-bond donors (Lipinski definition) is 2. The summed E-state index contributed by atoms with van der Waals surface area (Å²) in [6.07, 6.45) is 3.54. The number of aryl methyl sites for hydroxylation is 1. The summed E-state index contributed by atoms with van der Waals surface area (Å²) in [5.41, 5.74) is 5.72. The lowest BCUT2D eigenvalue weighted by Crippen LogP contribution is -2.62. The second-order valence-corrected chi connectivity index (χ2v) is 6.48. The third-order valence-electron chi connectivity index (χ3n) is 4.39. The molecular formula is C18H26N2O3. The molecule has 1 aromatic carbocycles. The van der Waals surface area contributed by atoms with Crippen LogP contribution in [0.3, 0.4) is 0 Å². The van der Waals surface area contributed by atoms with Gasteiger partial charge in [0.15, 0.2) is 0 Å². The highest BCUT2D eigenvalue weighted by molar-refractivity contribution is 5.90. The molecule has 5 heteroatoms. The average Bonchev–Trinajstić information content (AvgIpc) is 2.54. The summed E-state index contributed by atoms with van der Waals surface area (Å²) in [7, 11) is 0. The van der Waals surface area contributed by atoms with Crippen molar-refractivity contribution in [1.29, 1.82) is 0 Å². The van der Waals surface area contributed by atoms with Crippen LogP contribution in [0.5, 0.6) is 0 Å². The van der Waals surface area contributed by atoms with E-state index in [4.69, 9.17) is 10.5 Å². The molecule has 23 heavy (non-hydrogen) atoms. The van der Waals surface area contributed by atoms with Gasteiger partial charge in [-0.15, -0.1) is 0 Å². The Labute approximate surface area is 137 Å². The fourth-order valence-corrected chi connectivity index (χ4v) is 2.94. The molecule has 0 spiro atoms. The highest BCUT2D eigenvalue weighted by atomic mass is 16.5. The predicted octanol–water partition coefficient (Wildman–Crippen LogP) is 1.80. The number of primary amides is 1. The monoisotopic (exact) mass is 318 g/mol. The van der Waals surface area contributed by atoms with E-state index in [0.717, 1.165) is 19.3 Å². The lowest BCUT2D eigenvalue weighted by atomic mass is 9.90. The van der Waals surface area contributed by atoms with Crippen LogP contribution >= 0.6 is 0 Å². The number of nitrogens with two attached hydrogens (primary N) is 1. The van der Waals surface area contributed by atoms with Crippen LogP contribution < -0.4 is 11.1 Å². The zero-order valence-corrected chi connectivity index (χ0v) is 13.7. The van der Waals surface area contributed by atoms with E-state index in [1.165, 1.54) is 5.56 Å². The number of amides is 2. The molecule has 1 heterocycles. The summed E-state index contributed by atoms with van der Waals surface area (Å²) in [6.45, 7) is 2.83. The van der Waals surface area contributed by atoms with Gasteiger partial charge in [0.1, 0.15) is 5.54 Å². The second kappa shape index (κ2) is 8.11. The zero-order valence-electron chi connectivity index (χ0n) is 13.7. The Hall–Kier alpha value is -1.88. The van der Waals surface area contributed by atoms with Crippen LogP contribution in [-0.2, 0) is 20.7 Å². The second-order valence-electron chi connectivity index (χ2n) is 6.48. The maximum absolute atomic E-state index is 12.3.